The fourth-order valence-corrected chi connectivity index (χ4v) is 4.71. The molecule has 0 aliphatic rings. The van der Waals surface area contributed by atoms with Crippen molar-refractivity contribution in [1.82, 2.24) is 15.0 Å². The molecule has 2 heterocycles. The maximum atomic E-state index is 12.2. The van der Waals surface area contributed by atoms with Gasteiger partial charge in [-0.15, -0.1) is 11.3 Å². The van der Waals surface area contributed by atoms with Crippen molar-refractivity contribution in [2.75, 3.05) is 4.90 Å². The summed E-state index contributed by atoms with van der Waals surface area (Å²) in [5.74, 6) is 1.01. The number of anilines is 2. The molecule has 3 rings (SSSR count). The van der Waals surface area contributed by atoms with E-state index in [-0.39, 0.29) is 5.91 Å². The zero-order valence-electron chi connectivity index (χ0n) is 15.4. The summed E-state index contributed by atoms with van der Waals surface area (Å²) in [6, 6.07) is 9.25. The number of carbonyl (C=O) groups excluding carboxylic acids is 1. The number of carbonyl (C=O) groups is 1. The average Bonchev–Trinajstić information content (AvgIpc) is 3.08. The quantitative estimate of drug-likeness (QED) is 0.416. The van der Waals surface area contributed by atoms with E-state index in [2.05, 4.69) is 21.0 Å². The monoisotopic (exact) mass is 429 g/mol. The fraction of sp³-hybridized carbons (Fsp3) is 0.211. The predicted molar refractivity (Wildman–Crippen MR) is 112 cm³/mol. The van der Waals surface area contributed by atoms with Crippen LogP contribution in [0.2, 0.25) is 5.02 Å². The molecule has 3 aromatic rings. The number of amides is 1. The van der Waals surface area contributed by atoms with Gasteiger partial charge in [-0.25, -0.2) is 15.0 Å². The third kappa shape index (κ3) is 4.50. The number of nitriles is 1. The van der Waals surface area contributed by atoms with Gasteiger partial charge in [0.05, 0.1) is 17.1 Å². The van der Waals surface area contributed by atoms with E-state index in [0.29, 0.717) is 43.7 Å². The molecule has 0 atom stereocenters. The Labute approximate surface area is 176 Å². The van der Waals surface area contributed by atoms with Crippen LogP contribution in [0.1, 0.15) is 29.7 Å². The van der Waals surface area contributed by atoms with E-state index >= 15 is 0 Å². The van der Waals surface area contributed by atoms with Crippen LogP contribution in [0.5, 0.6) is 0 Å². The number of hydrogen-bond acceptors (Lipinski definition) is 7. The normalized spacial score (nSPS) is 10.5. The predicted octanol–water partition coefficient (Wildman–Crippen LogP) is 5.05. The molecule has 2 aromatic heterocycles. The van der Waals surface area contributed by atoms with Crippen molar-refractivity contribution in [2.45, 2.75) is 31.6 Å². The lowest BCUT2D eigenvalue weighted by atomic mass is 10.3. The number of rotatable bonds is 5. The molecule has 0 bridgehead atoms. The van der Waals surface area contributed by atoms with Gasteiger partial charge in [0.1, 0.15) is 22.5 Å². The maximum Gasteiger partial charge on any atom is 0.230 e. The van der Waals surface area contributed by atoms with Crippen molar-refractivity contribution in [3.63, 3.8) is 0 Å². The van der Waals surface area contributed by atoms with Crippen LogP contribution in [-0.2, 0) is 10.5 Å². The van der Waals surface area contributed by atoms with Crippen molar-refractivity contribution in [1.29, 1.82) is 5.26 Å². The second-order valence-electron chi connectivity index (χ2n) is 5.89. The Morgan fingerprint density at radius 1 is 1.32 bits per heavy atom. The standard InChI is InChI=1S/C19H16ClN5OS2/c1-11-17(8-21)18(23-12(2)22-11)27-9-15-10-28-19(24-15)25(13(3)26)16-6-4-5-14(20)7-16/h4-7,10H,9H2,1-3H3. The summed E-state index contributed by atoms with van der Waals surface area (Å²) in [6.07, 6.45) is 0. The van der Waals surface area contributed by atoms with E-state index in [1.54, 1.807) is 32.0 Å². The highest BCUT2D eigenvalue weighted by molar-refractivity contribution is 7.98. The largest absolute Gasteiger partial charge is 0.274 e. The molecular formula is C19H16ClN5OS2. The molecule has 142 valence electrons. The Hall–Kier alpha value is -2.47. The Morgan fingerprint density at radius 3 is 2.79 bits per heavy atom. The number of aryl methyl sites for hydroxylation is 2. The SMILES string of the molecule is CC(=O)N(c1cccc(Cl)c1)c1nc(CSc2nc(C)nc(C)c2C#N)cs1. The van der Waals surface area contributed by atoms with Crippen molar-refractivity contribution >= 4 is 51.4 Å². The Morgan fingerprint density at radius 2 is 2.11 bits per heavy atom. The van der Waals surface area contributed by atoms with Crippen molar-refractivity contribution in [2.24, 2.45) is 0 Å². The van der Waals surface area contributed by atoms with Gasteiger partial charge in [-0.3, -0.25) is 9.69 Å². The van der Waals surface area contributed by atoms with Gasteiger partial charge in [-0.1, -0.05) is 29.4 Å². The molecule has 28 heavy (non-hydrogen) atoms. The number of hydrogen-bond donors (Lipinski definition) is 0. The molecule has 0 aliphatic carbocycles. The highest BCUT2D eigenvalue weighted by atomic mass is 35.5. The number of aromatic nitrogens is 3. The van der Waals surface area contributed by atoms with E-state index < -0.39 is 0 Å². The molecule has 0 saturated carbocycles. The van der Waals surface area contributed by atoms with Gasteiger partial charge in [-0.05, 0) is 32.0 Å². The van der Waals surface area contributed by atoms with Gasteiger partial charge in [0, 0.05) is 23.1 Å². The van der Waals surface area contributed by atoms with Crippen molar-refractivity contribution in [3.05, 3.63) is 57.4 Å². The summed E-state index contributed by atoms with van der Waals surface area (Å²) in [6.45, 7) is 5.09. The number of benzene rings is 1. The summed E-state index contributed by atoms with van der Waals surface area (Å²) >= 11 is 8.87. The molecular weight excluding hydrogens is 414 g/mol. The van der Waals surface area contributed by atoms with Crippen LogP contribution >= 0.6 is 34.7 Å². The van der Waals surface area contributed by atoms with Crippen LogP contribution in [-0.4, -0.2) is 20.9 Å². The van der Waals surface area contributed by atoms with E-state index in [4.69, 9.17) is 11.6 Å². The third-order valence-electron chi connectivity index (χ3n) is 3.75. The van der Waals surface area contributed by atoms with E-state index in [9.17, 15) is 10.1 Å². The molecule has 9 heteroatoms. The Kier molecular flexibility index (Phi) is 6.29. The zero-order valence-corrected chi connectivity index (χ0v) is 17.8. The van der Waals surface area contributed by atoms with E-state index in [1.807, 2.05) is 11.4 Å². The first-order valence-electron chi connectivity index (χ1n) is 8.28. The van der Waals surface area contributed by atoms with E-state index in [1.165, 1.54) is 34.9 Å². The summed E-state index contributed by atoms with van der Waals surface area (Å²) in [5, 5.41) is 13.0. The third-order valence-corrected chi connectivity index (χ3v) is 5.87. The van der Waals surface area contributed by atoms with E-state index in [0.717, 1.165) is 5.69 Å². The molecule has 6 nitrogen and oxygen atoms in total. The lowest BCUT2D eigenvalue weighted by Crippen LogP contribution is -2.22. The first-order valence-corrected chi connectivity index (χ1v) is 10.5. The average molecular weight is 430 g/mol. The van der Waals surface area contributed by atoms with Gasteiger partial charge in [0.2, 0.25) is 5.91 Å². The molecule has 0 unspecified atom stereocenters. The number of halogens is 1. The fourth-order valence-electron chi connectivity index (χ4n) is 2.56. The van der Waals surface area contributed by atoms with Crippen LogP contribution in [0, 0.1) is 25.2 Å². The summed E-state index contributed by atoms with van der Waals surface area (Å²) in [4.78, 5) is 26.9. The molecule has 1 aromatic carbocycles. The molecule has 0 fully saturated rings. The molecule has 0 N–H and O–H groups in total. The molecule has 0 spiro atoms. The zero-order chi connectivity index (χ0) is 20.3. The summed E-state index contributed by atoms with van der Waals surface area (Å²) in [7, 11) is 0. The minimum atomic E-state index is -0.148. The molecule has 1 amide bonds. The highest BCUT2D eigenvalue weighted by Gasteiger charge is 2.19. The first-order chi connectivity index (χ1) is 13.4. The van der Waals surface area contributed by atoms with Crippen molar-refractivity contribution in [3.8, 4) is 6.07 Å². The summed E-state index contributed by atoms with van der Waals surface area (Å²) < 4.78 is 0. The van der Waals surface area contributed by atoms with Crippen LogP contribution in [0.15, 0.2) is 34.7 Å². The summed E-state index contributed by atoms with van der Waals surface area (Å²) in [5.41, 5.74) is 2.62. The molecule has 0 saturated heterocycles. The Balaban J connectivity index is 1.83. The minimum Gasteiger partial charge on any atom is -0.274 e. The minimum absolute atomic E-state index is 0.148. The van der Waals surface area contributed by atoms with Crippen LogP contribution in [0.25, 0.3) is 0 Å². The smallest absolute Gasteiger partial charge is 0.230 e. The topological polar surface area (TPSA) is 82.8 Å². The molecule has 0 aliphatic heterocycles. The van der Waals surface area contributed by atoms with Gasteiger partial charge < -0.3 is 0 Å². The van der Waals surface area contributed by atoms with Gasteiger partial charge >= 0.3 is 0 Å². The molecule has 0 radical (unpaired) electrons. The highest BCUT2D eigenvalue weighted by Crippen LogP contribution is 2.32. The van der Waals surface area contributed by atoms with Crippen molar-refractivity contribution < 1.29 is 4.79 Å². The van der Waals surface area contributed by atoms with Crippen LogP contribution in [0.3, 0.4) is 0 Å². The van der Waals surface area contributed by atoms with Gasteiger partial charge in [-0.2, -0.15) is 5.26 Å². The lowest BCUT2D eigenvalue weighted by Gasteiger charge is -2.18. The van der Waals surface area contributed by atoms with Crippen LogP contribution < -0.4 is 4.90 Å². The number of thioether (sulfide) groups is 1. The lowest BCUT2D eigenvalue weighted by molar-refractivity contribution is -0.115. The van der Waals surface area contributed by atoms with Crippen LogP contribution in [0.4, 0.5) is 10.8 Å². The maximum absolute atomic E-state index is 12.2. The second kappa shape index (κ2) is 8.69. The van der Waals surface area contributed by atoms with Gasteiger partial charge in [0.25, 0.3) is 0 Å². The number of nitrogens with zero attached hydrogens (tertiary/aromatic N) is 5. The van der Waals surface area contributed by atoms with Gasteiger partial charge in [0.15, 0.2) is 5.13 Å². The second-order valence-corrected chi connectivity index (χ2v) is 8.13. The number of thiazole rings is 1. The first kappa shape index (κ1) is 20.3. The Bertz CT molecular complexity index is 1080.